The normalized spacial score (nSPS) is 10.5. The molecule has 0 unspecified atom stereocenters. The summed E-state index contributed by atoms with van der Waals surface area (Å²) in [6.07, 6.45) is 0. The lowest BCUT2D eigenvalue weighted by Crippen LogP contribution is -2.09. The highest BCUT2D eigenvalue weighted by atomic mass is 19.1. The van der Waals surface area contributed by atoms with Gasteiger partial charge in [-0.3, -0.25) is 0 Å². The Hall–Kier alpha value is -2.57. The minimum absolute atomic E-state index is 0.146. The zero-order chi connectivity index (χ0) is 15.6. The quantitative estimate of drug-likeness (QED) is 0.843. The van der Waals surface area contributed by atoms with Crippen molar-refractivity contribution >= 4 is 17.6 Å². The van der Waals surface area contributed by atoms with E-state index in [1.54, 1.807) is 13.0 Å². The Bertz CT molecular complexity index is 682. The van der Waals surface area contributed by atoms with Crippen LogP contribution in [0.25, 0.3) is 5.69 Å². The van der Waals surface area contributed by atoms with Crippen LogP contribution in [0.1, 0.15) is 22.8 Å². The van der Waals surface area contributed by atoms with Crippen LogP contribution in [0.3, 0.4) is 0 Å². The second-order valence-electron chi connectivity index (χ2n) is 4.47. The largest absolute Gasteiger partial charge is 0.465 e. The van der Waals surface area contributed by atoms with E-state index in [9.17, 15) is 9.18 Å². The Morgan fingerprint density at radius 2 is 2.24 bits per heavy atom. The van der Waals surface area contributed by atoms with Crippen LogP contribution in [0, 0.1) is 12.7 Å². The first-order chi connectivity index (χ1) is 9.99. The highest BCUT2D eigenvalue weighted by molar-refractivity contribution is 6.00. The van der Waals surface area contributed by atoms with Crippen LogP contribution >= 0.6 is 0 Å². The third-order valence-electron chi connectivity index (χ3n) is 3.04. The molecule has 1 heterocycles. The summed E-state index contributed by atoms with van der Waals surface area (Å²) >= 11 is 0. The van der Waals surface area contributed by atoms with Gasteiger partial charge in [0.1, 0.15) is 17.2 Å². The average Bonchev–Trinajstić information content (AvgIpc) is 2.75. The number of esters is 1. The first-order valence-electron chi connectivity index (χ1n) is 6.46. The van der Waals surface area contributed by atoms with Crippen molar-refractivity contribution in [2.75, 3.05) is 24.7 Å². The molecule has 0 aliphatic heterocycles. The highest BCUT2D eigenvalue weighted by Gasteiger charge is 2.23. The molecule has 0 radical (unpaired) electrons. The number of methoxy groups -OCH3 is 1. The fraction of sp³-hybridized carbons (Fsp3) is 0.286. The monoisotopic (exact) mass is 292 g/mol. The number of hydrogen-bond acceptors (Lipinski definition) is 5. The van der Waals surface area contributed by atoms with Crippen molar-refractivity contribution in [2.45, 2.75) is 13.8 Å². The molecule has 0 aliphatic carbocycles. The molecule has 1 aromatic carbocycles. The molecule has 2 rings (SSSR count). The summed E-state index contributed by atoms with van der Waals surface area (Å²) in [6, 6.07) is 4.25. The molecule has 0 amide bonds. The number of aromatic nitrogens is 2. The molecule has 1 aromatic heterocycles. The standard InChI is InChI=1S/C14H17FN4O2/c1-4-17-13-11(14(20)21-3)12(16)19(18-13)10-6-5-9(15)7-8(10)2/h5-7H,4,16H2,1-3H3,(H,17,18). The molecular formula is C14H17FN4O2. The van der Waals surface area contributed by atoms with Crippen LogP contribution in [0.5, 0.6) is 0 Å². The fourth-order valence-corrected chi connectivity index (χ4v) is 2.07. The number of rotatable bonds is 4. The number of carbonyl (C=O) groups is 1. The SMILES string of the molecule is CCNc1nn(-c2ccc(F)cc2C)c(N)c1C(=O)OC. The number of ether oxygens (including phenoxy) is 1. The van der Waals surface area contributed by atoms with Crippen molar-refractivity contribution in [2.24, 2.45) is 0 Å². The van der Waals surface area contributed by atoms with Crippen LogP contribution in [0.2, 0.25) is 0 Å². The van der Waals surface area contributed by atoms with E-state index >= 15 is 0 Å². The molecular weight excluding hydrogens is 275 g/mol. The van der Waals surface area contributed by atoms with Gasteiger partial charge < -0.3 is 15.8 Å². The zero-order valence-electron chi connectivity index (χ0n) is 12.1. The number of carbonyl (C=O) groups excluding carboxylic acids is 1. The second kappa shape index (κ2) is 5.82. The van der Waals surface area contributed by atoms with Crippen LogP contribution in [0.15, 0.2) is 18.2 Å². The van der Waals surface area contributed by atoms with Crippen molar-refractivity contribution in [3.8, 4) is 5.69 Å². The van der Waals surface area contributed by atoms with Gasteiger partial charge >= 0.3 is 5.97 Å². The molecule has 0 saturated carbocycles. The summed E-state index contributed by atoms with van der Waals surface area (Å²) in [4.78, 5) is 11.9. The van der Waals surface area contributed by atoms with Gasteiger partial charge in [0.15, 0.2) is 5.82 Å². The average molecular weight is 292 g/mol. The molecule has 0 atom stereocenters. The van der Waals surface area contributed by atoms with E-state index in [-0.39, 0.29) is 17.2 Å². The van der Waals surface area contributed by atoms with Crippen molar-refractivity contribution < 1.29 is 13.9 Å². The zero-order valence-corrected chi connectivity index (χ0v) is 12.1. The summed E-state index contributed by atoms with van der Waals surface area (Å²) in [6.45, 7) is 4.19. The van der Waals surface area contributed by atoms with Gasteiger partial charge in [-0.05, 0) is 37.6 Å². The highest BCUT2D eigenvalue weighted by Crippen LogP contribution is 2.27. The van der Waals surface area contributed by atoms with Crippen molar-refractivity contribution in [1.82, 2.24) is 9.78 Å². The van der Waals surface area contributed by atoms with Gasteiger partial charge in [0, 0.05) is 6.54 Å². The lowest BCUT2D eigenvalue weighted by Gasteiger charge is -2.07. The van der Waals surface area contributed by atoms with Crippen molar-refractivity contribution in [1.29, 1.82) is 0 Å². The minimum Gasteiger partial charge on any atom is -0.465 e. The van der Waals surface area contributed by atoms with E-state index < -0.39 is 5.97 Å². The lowest BCUT2D eigenvalue weighted by atomic mass is 10.2. The number of hydrogen-bond donors (Lipinski definition) is 2. The molecule has 21 heavy (non-hydrogen) atoms. The first-order valence-corrected chi connectivity index (χ1v) is 6.46. The van der Waals surface area contributed by atoms with Gasteiger partial charge in [0.2, 0.25) is 0 Å². The number of halogens is 1. The third-order valence-corrected chi connectivity index (χ3v) is 3.04. The van der Waals surface area contributed by atoms with Crippen LogP contribution < -0.4 is 11.1 Å². The maximum absolute atomic E-state index is 13.2. The van der Waals surface area contributed by atoms with E-state index in [1.807, 2.05) is 6.92 Å². The van der Waals surface area contributed by atoms with E-state index in [0.717, 1.165) is 0 Å². The maximum atomic E-state index is 13.2. The fourth-order valence-electron chi connectivity index (χ4n) is 2.07. The predicted octanol–water partition coefficient (Wildman–Crippen LogP) is 2.12. The van der Waals surface area contributed by atoms with Gasteiger partial charge in [-0.1, -0.05) is 0 Å². The Labute approximate surface area is 121 Å². The number of anilines is 2. The number of nitrogen functional groups attached to an aromatic ring is 1. The molecule has 6 nitrogen and oxygen atoms in total. The molecule has 3 N–H and O–H groups in total. The molecule has 0 spiro atoms. The Morgan fingerprint density at radius 3 is 2.81 bits per heavy atom. The first kappa shape index (κ1) is 14.8. The Balaban J connectivity index is 2.62. The molecule has 7 heteroatoms. The van der Waals surface area contributed by atoms with Gasteiger partial charge in [0.25, 0.3) is 0 Å². The van der Waals surface area contributed by atoms with Crippen LogP contribution in [0.4, 0.5) is 16.0 Å². The summed E-state index contributed by atoms with van der Waals surface area (Å²) < 4.78 is 19.3. The van der Waals surface area contributed by atoms with E-state index in [2.05, 4.69) is 10.4 Å². The predicted molar refractivity (Wildman–Crippen MR) is 78.2 cm³/mol. The summed E-state index contributed by atoms with van der Waals surface area (Å²) in [5.74, 6) is -0.436. The summed E-state index contributed by atoms with van der Waals surface area (Å²) in [5.41, 5.74) is 7.44. The number of aryl methyl sites for hydroxylation is 1. The molecule has 0 saturated heterocycles. The molecule has 0 bridgehead atoms. The molecule has 0 aliphatic rings. The van der Waals surface area contributed by atoms with Gasteiger partial charge in [-0.15, -0.1) is 5.10 Å². The number of nitrogens with two attached hydrogens (primary N) is 1. The number of nitrogens with zero attached hydrogens (tertiary/aromatic N) is 2. The third kappa shape index (κ3) is 2.67. The lowest BCUT2D eigenvalue weighted by molar-refractivity contribution is 0.0603. The molecule has 112 valence electrons. The van der Waals surface area contributed by atoms with E-state index in [1.165, 1.54) is 23.9 Å². The maximum Gasteiger partial charge on any atom is 0.345 e. The number of nitrogens with one attached hydrogen (secondary N) is 1. The number of benzene rings is 1. The summed E-state index contributed by atoms with van der Waals surface area (Å²) in [5, 5.41) is 7.25. The molecule has 2 aromatic rings. The van der Waals surface area contributed by atoms with E-state index in [0.29, 0.717) is 23.6 Å². The van der Waals surface area contributed by atoms with Gasteiger partial charge in [-0.2, -0.15) is 0 Å². The minimum atomic E-state index is -0.575. The van der Waals surface area contributed by atoms with Crippen LogP contribution in [-0.4, -0.2) is 29.4 Å². The van der Waals surface area contributed by atoms with Crippen molar-refractivity contribution in [3.63, 3.8) is 0 Å². The topological polar surface area (TPSA) is 82.2 Å². The smallest absolute Gasteiger partial charge is 0.345 e. The second-order valence-corrected chi connectivity index (χ2v) is 4.47. The van der Waals surface area contributed by atoms with E-state index in [4.69, 9.17) is 10.5 Å². The van der Waals surface area contributed by atoms with Gasteiger partial charge in [-0.25, -0.2) is 13.9 Å². The Morgan fingerprint density at radius 1 is 1.52 bits per heavy atom. The van der Waals surface area contributed by atoms with Crippen molar-refractivity contribution in [3.05, 3.63) is 35.1 Å². The molecule has 0 fully saturated rings. The van der Waals surface area contributed by atoms with Crippen LogP contribution in [-0.2, 0) is 4.74 Å². The summed E-state index contributed by atoms with van der Waals surface area (Å²) in [7, 11) is 1.28. The van der Waals surface area contributed by atoms with Gasteiger partial charge in [0.05, 0.1) is 12.8 Å². The Kier molecular flexibility index (Phi) is 4.11.